The van der Waals surface area contributed by atoms with Crippen LogP contribution in [0.5, 0.6) is 0 Å². The molecule has 0 aliphatic heterocycles. The first kappa shape index (κ1) is 34.2. The van der Waals surface area contributed by atoms with Gasteiger partial charge in [-0.1, -0.05) is 0 Å². The van der Waals surface area contributed by atoms with E-state index in [0.29, 0.717) is 0 Å². The van der Waals surface area contributed by atoms with Crippen LogP contribution in [0.25, 0.3) is 0 Å². The van der Waals surface area contributed by atoms with Gasteiger partial charge < -0.3 is 47.0 Å². The van der Waals surface area contributed by atoms with Crippen molar-refractivity contribution >= 4 is 23.9 Å². The Morgan fingerprint density at radius 1 is 0.870 bits per heavy atom. The number of nitrogens with two attached hydrogens (primary N) is 2. The molecular formula is C10H18N2Na2O9. The average molecular weight is 356 g/mol. The van der Waals surface area contributed by atoms with Gasteiger partial charge in [0.05, 0.1) is 5.97 Å². The predicted molar refractivity (Wildman–Crippen MR) is 63.3 cm³/mol. The summed E-state index contributed by atoms with van der Waals surface area (Å²) in [5, 5.41) is 35.9. The fourth-order valence-corrected chi connectivity index (χ4v) is 0.794. The molecule has 0 aliphatic rings. The molecule has 0 spiro atoms. The van der Waals surface area contributed by atoms with Crippen LogP contribution >= 0.6 is 0 Å². The van der Waals surface area contributed by atoms with Crippen LogP contribution in [0.3, 0.4) is 0 Å². The Kier molecular flexibility index (Phi) is 29.4. The van der Waals surface area contributed by atoms with Gasteiger partial charge in [-0.15, -0.1) is 0 Å². The van der Waals surface area contributed by atoms with Crippen LogP contribution in [0.2, 0.25) is 0 Å². The Bertz CT molecular complexity index is 334. The van der Waals surface area contributed by atoms with Gasteiger partial charge in [0.2, 0.25) is 0 Å². The van der Waals surface area contributed by atoms with Gasteiger partial charge in [-0.25, -0.2) is 0 Å². The van der Waals surface area contributed by atoms with Crippen molar-refractivity contribution in [2.24, 2.45) is 11.5 Å². The van der Waals surface area contributed by atoms with Gasteiger partial charge in [-0.3, -0.25) is 9.59 Å². The second-order valence-corrected chi connectivity index (χ2v) is 3.71. The monoisotopic (exact) mass is 356 g/mol. The van der Waals surface area contributed by atoms with Crippen LogP contribution in [0.4, 0.5) is 0 Å². The zero-order chi connectivity index (χ0) is 16.3. The summed E-state index contributed by atoms with van der Waals surface area (Å²) in [4.78, 5) is 39.5. The Labute approximate surface area is 176 Å². The van der Waals surface area contributed by atoms with Crippen molar-refractivity contribution in [1.29, 1.82) is 0 Å². The molecule has 0 aromatic carbocycles. The third-order valence-electron chi connectivity index (χ3n) is 1.95. The van der Waals surface area contributed by atoms with E-state index in [4.69, 9.17) is 21.7 Å². The van der Waals surface area contributed by atoms with Crippen LogP contribution in [0.15, 0.2) is 0 Å². The van der Waals surface area contributed by atoms with E-state index in [0.717, 1.165) is 0 Å². The van der Waals surface area contributed by atoms with E-state index in [2.05, 4.69) is 0 Å². The summed E-state index contributed by atoms with van der Waals surface area (Å²) in [6.45, 7) is 0. The summed E-state index contributed by atoms with van der Waals surface area (Å²) in [5.74, 6) is -4.95. The van der Waals surface area contributed by atoms with Gasteiger partial charge in [0.25, 0.3) is 0 Å². The van der Waals surface area contributed by atoms with E-state index >= 15 is 0 Å². The number of aliphatic carboxylic acids is 4. The first-order valence-electron chi connectivity index (χ1n) is 5.44. The zero-order valence-corrected chi connectivity index (χ0v) is 17.0. The molecule has 0 fully saturated rings. The van der Waals surface area contributed by atoms with E-state index in [1.54, 1.807) is 0 Å². The molecule has 0 heterocycles. The minimum atomic E-state index is -1.44. The molecule has 8 N–H and O–H groups in total. The zero-order valence-electron chi connectivity index (χ0n) is 13.0. The Morgan fingerprint density at radius 3 is 1.52 bits per heavy atom. The Hall–Kier alpha value is -0.240. The van der Waals surface area contributed by atoms with Gasteiger partial charge >= 0.3 is 71.1 Å². The van der Waals surface area contributed by atoms with Crippen LogP contribution in [-0.4, -0.2) is 51.7 Å². The minimum absolute atomic E-state index is 0. The fraction of sp³-hybridized carbons (Fsp3) is 0.600. The average Bonchev–Trinajstić information content (AvgIpc) is 2.33. The molecule has 0 radical (unpaired) electrons. The molecule has 0 aromatic rings. The van der Waals surface area contributed by atoms with Crippen molar-refractivity contribution in [1.82, 2.24) is 0 Å². The summed E-state index contributed by atoms with van der Waals surface area (Å²) in [5.41, 5.74) is 9.91. The third kappa shape index (κ3) is 26.9. The maximum atomic E-state index is 9.99. The number of rotatable bonds is 8. The van der Waals surface area contributed by atoms with Crippen LogP contribution in [0.1, 0.15) is 25.7 Å². The second kappa shape index (κ2) is 19.8. The molecule has 0 aliphatic carbocycles. The Morgan fingerprint density at radius 2 is 1.26 bits per heavy atom. The summed E-state index contributed by atoms with van der Waals surface area (Å²) in [6.07, 6.45) is -0.724. The van der Waals surface area contributed by atoms with Gasteiger partial charge in [0.15, 0.2) is 0 Å². The molecule has 13 heteroatoms. The quantitative estimate of drug-likeness (QED) is 0.299. The molecule has 0 aromatic heterocycles. The molecule has 0 saturated heterocycles. The number of carbonyl (C=O) groups excluding carboxylic acids is 2. The maximum Gasteiger partial charge on any atom is 1.00 e. The molecule has 23 heavy (non-hydrogen) atoms. The van der Waals surface area contributed by atoms with Gasteiger partial charge in [-0.05, 0) is 19.3 Å². The molecule has 2 unspecified atom stereocenters. The summed E-state index contributed by atoms with van der Waals surface area (Å²) >= 11 is 0. The van der Waals surface area contributed by atoms with Crippen molar-refractivity contribution in [3.05, 3.63) is 0 Å². The molecule has 0 rings (SSSR count). The van der Waals surface area contributed by atoms with E-state index in [-0.39, 0.29) is 90.3 Å². The van der Waals surface area contributed by atoms with Crippen molar-refractivity contribution in [3.63, 3.8) is 0 Å². The molecular weight excluding hydrogens is 338 g/mol. The van der Waals surface area contributed by atoms with Gasteiger partial charge in [0, 0.05) is 18.4 Å². The van der Waals surface area contributed by atoms with E-state index in [9.17, 15) is 29.4 Å². The van der Waals surface area contributed by atoms with Crippen molar-refractivity contribution in [2.45, 2.75) is 37.8 Å². The van der Waals surface area contributed by atoms with Crippen molar-refractivity contribution in [3.8, 4) is 0 Å². The molecule has 11 nitrogen and oxygen atoms in total. The van der Waals surface area contributed by atoms with Gasteiger partial charge in [0.1, 0.15) is 6.04 Å². The SMILES string of the molecule is NC(CCC(=O)O)C(=O)O.NC(CCC(=O)[O-])C(=O)[O-].O.[Na+].[Na+]. The first-order valence-corrected chi connectivity index (χ1v) is 5.44. The van der Waals surface area contributed by atoms with Crippen molar-refractivity contribution < 1.29 is 104 Å². The van der Waals surface area contributed by atoms with Crippen LogP contribution < -0.4 is 80.8 Å². The molecule has 124 valence electrons. The van der Waals surface area contributed by atoms with Crippen molar-refractivity contribution in [2.75, 3.05) is 0 Å². The van der Waals surface area contributed by atoms with Crippen LogP contribution in [-0.2, 0) is 19.2 Å². The number of hydrogen-bond acceptors (Lipinski definition) is 8. The minimum Gasteiger partial charge on any atom is -0.550 e. The maximum absolute atomic E-state index is 9.99. The largest absolute Gasteiger partial charge is 1.00 e. The topological polar surface area (TPSA) is 238 Å². The normalized spacial score (nSPS) is 10.9. The molecule has 0 saturated carbocycles. The summed E-state index contributed by atoms with van der Waals surface area (Å²) < 4.78 is 0. The summed E-state index contributed by atoms with van der Waals surface area (Å²) in [6, 6.07) is -2.27. The van der Waals surface area contributed by atoms with E-state index in [1.165, 1.54) is 0 Å². The molecule has 2 atom stereocenters. The number of hydrogen-bond donors (Lipinski definition) is 4. The van der Waals surface area contributed by atoms with E-state index < -0.39 is 36.0 Å². The Balaban J connectivity index is -0.0000000831. The fourth-order valence-electron chi connectivity index (χ4n) is 0.794. The number of carboxylic acids is 4. The second-order valence-electron chi connectivity index (χ2n) is 3.71. The number of carbonyl (C=O) groups is 4. The molecule has 0 bridgehead atoms. The third-order valence-corrected chi connectivity index (χ3v) is 1.95. The predicted octanol–water partition coefficient (Wildman–Crippen LogP) is -11.0. The first-order chi connectivity index (χ1) is 9.07. The molecule has 0 amide bonds. The standard InChI is InChI=1S/2C5H9NO4.2Na.H2O/c2*6-3(5(9)10)1-2-4(7)8;;;/h2*3H,1-2,6H2,(H,7,8)(H,9,10);;;1H2/q;;2*+1;/p-2. The van der Waals surface area contributed by atoms with E-state index in [1.807, 2.05) is 0 Å². The number of carboxylic acid groups (broad SMARTS) is 4. The smallest absolute Gasteiger partial charge is 0.550 e. The summed E-state index contributed by atoms with van der Waals surface area (Å²) in [7, 11) is 0. The van der Waals surface area contributed by atoms with Gasteiger partial charge in [-0.2, -0.15) is 0 Å². The van der Waals surface area contributed by atoms with Crippen LogP contribution in [0, 0.1) is 0 Å².